The summed E-state index contributed by atoms with van der Waals surface area (Å²) in [5.74, 6) is 0.109. The lowest BCUT2D eigenvalue weighted by molar-refractivity contribution is 0.0743. The number of amides is 1. The van der Waals surface area contributed by atoms with Crippen LogP contribution in [0.2, 0.25) is 0 Å². The second-order valence-electron chi connectivity index (χ2n) is 5.93. The normalized spacial score (nSPS) is 11.1. The first kappa shape index (κ1) is 16.5. The molecule has 0 fully saturated rings. The van der Waals surface area contributed by atoms with E-state index >= 15 is 0 Å². The third-order valence-corrected chi connectivity index (χ3v) is 4.07. The van der Waals surface area contributed by atoms with Crippen LogP contribution in [0.15, 0.2) is 18.3 Å². The number of aromatic nitrogens is 2. The van der Waals surface area contributed by atoms with Gasteiger partial charge in [0.1, 0.15) is 11.3 Å². The van der Waals surface area contributed by atoms with Crippen LogP contribution in [0.1, 0.15) is 61.3 Å². The Morgan fingerprint density at radius 1 is 1.18 bits per heavy atom. The van der Waals surface area contributed by atoms with Crippen molar-refractivity contribution in [3.8, 4) is 0 Å². The van der Waals surface area contributed by atoms with E-state index in [-0.39, 0.29) is 5.91 Å². The molecule has 0 bridgehead atoms. The lowest BCUT2D eigenvalue weighted by atomic mass is 10.2. The summed E-state index contributed by atoms with van der Waals surface area (Å²) in [6, 6.07) is 4.00. The molecule has 0 aliphatic carbocycles. The number of carbonyl (C=O) groups excluding carboxylic acids is 1. The zero-order valence-corrected chi connectivity index (χ0v) is 14.2. The SMILES string of the molecule is CCCCN(CCCC)C(=O)c1c(C)nc2c(C)cccn12. The molecule has 0 saturated carbocycles. The van der Waals surface area contributed by atoms with Crippen molar-refractivity contribution in [1.29, 1.82) is 0 Å². The first-order valence-corrected chi connectivity index (χ1v) is 8.33. The molecule has 0 unspecified atom stereocenters. The van der Waals surface area contributed by atoms with Crippen LogP contribution in [0, 0.1) is 13.8 Å². The van der Waals surface area contributed by atoms with Crippen LogP contribution in [0.5, 0.6) is 0 Å². The van der Waals surface area contributed by atoms with Gasteiger partial charge in [0.15, 0.2) is 0 Å². The number of hydrogen-bond acceptors (Lipinski definition) is 2. The fourth-order valence-electron chi connectivity index (χ4n) is 2.74. The molecule has 2 aromatic rings. The summed E-state index contributed by atoms with van der Waals surface area (Å²) < 4.78 is 1.94. The van der Waals surface area contributed by atoms with Crippen LogP contribution >= 0.6 is 0 Å². The topological polar surface area (TPSA) is 37.6 Å². The van der Waals surface area contributed by atoms with Crippen LogP contribution in [0.25, 0.3) is 5.65 Å². The maximum absolute atomic E-state index is 13.0. The third-order valence-electron chi connectivity index (χ3n) is 4.07. The maximum atomic E-state index is 13.0. The van der Waals surface area contributed by atoms with E-state index in [0.29, 0.717) is 5.69 Å². The molecule has 4 nitrogen and oxygen atoms in total. The first-order valence-electron chi connectivity index (χ1n) is 8.33. The number of pyridine rings is 1. The van der Waals surface area contributed by atoms with E-state index in [9.17, 15) is 4.79 Å². The Kier molecular flexibility index (Phi) is 5.58. The molecule has 22 heavy (non-hydrogen) atoms. The van der Waals surface area contributed by atoms with E-state index in [1.807, 2.05) is 41.5 Å². The summed E-state index contributed by atoms with van der Waals surface area (Å²) in [4.78, 5) is 19.6. The Morgan fingerprint density at radius 3 is 2.41 bits per heavy atom. The molecule has 120 valence electrons. The van der Waals surface area contributed by atoms with E-state index in [1.165, 1.54) is 0 Å². The quantitative estimate of drug-likeness (QED) is 0.775. The number of aryl methyl sites for hydroxylation is 2. The molecule has 0 aliphatic rings. The van der Waals surface area contributed by atoms with Crippen LogP contribution in [-0.2, 0) is 0 Å². The zero-order chi connectivity index (χ0) is 16.1. The Balaban J connectivity index is 2.37. The smallest absolute Gasteiger partial charge is 0.272 e. The lowest BCUT2D eigenvalue weighted by Crippen LogP contribution is -2.34. The van der Waals surface area contributed by atoms with Crippen molar-refractivity contribution in [2.45, 2.75) is 53.4 Å². The van der Waals surface area contributed by atoms with Gasteiger partial charge in [0.05, 0.1) is 5.69 Å². The van der Waals surface area contributed by atoms with Crippen LogP contribution in [0.4, 0.5) is 0 Å². The minimum Gasteiger partial charge on any atom is -0.337 e. The van der Waals surface area contributed by atoms with Gasteiger partial charge < -0.3 is 4.90 Å². The summed E-state index contributed by atoms with van der Waals surface area (Å²) >= 11 is 0. The highest BCUT2D eigenvalue weighted by molar-refractivity contribution is 5.94. The third kappa shape index (κ3) is 3.32. The van der Waals surface area contributed by atoms with Crippen LogP contribution in [0.3, 0.4) is 0 Å². The molecule has 2 aromatic heterocycles. The Labute approximate surface area is 133 Å². The number of carbonyl (C=O) groups is 1. The molecule has 0 saturated heterocycles. The van der Waals surface area contributed by atoms with E-state index in [2.05, 4.69) is 18.8 Å². The molecule has 0 atom stereocenters. The summed E-state index contributed by atoms with van der Waals surface area (Å²) in [6.45, 7) is 9.93. The van der Waals surface area contributed by atoms with E-state index in [0.717, 1.165) is 55.7 Å². The highest BCUT2D eigenvalue weighted by atomic mass is 16.2. The standard InChI is InChI=1S/C18H27N3O/c1-5-7-11-20(12-8-6-2)18(22)16-15(4)19-17-14(3)10-9-13-21(16)17/h9-10,13H,5-8,11-12H2,1-4H3. The summed E-state index contributed by atoms with van der Waals surface area (Å²) in [7, 11) is 0. The predicted molar refractivity (Wildman–Crippen MR) is 90.4 cm³/mol. The van der Waals surface area contributed by atoms with E-state index < -0.39 is 0 Å². The van der Waals surface area contributed by atoms with Gasteiger partial charge in [0.2, 0.25) is 0 Å². The first-order chi connectivity index (χ1) is 10.6. The Hall–Kier alpha value is -1.84. The van der Waals surface area contributed by atoms with Gasteiger partial charge in [-0.15, -0.1) is 0 Å². The van der Waals surface area contributed by atoms with E-state index in [1.54, 1.807) is 0 Å². The number of hydrogen-bond donors (Lipinski definition) is 0. The van der Waals surface area contributed by atoms with Crippen LogP contribution in [-0.4, -0.2) is 33.3 Å². The maximum Gasteiger partial charge on any atom is 0.272 e. The molecular formula is C18H27N3O. The lowest BCUT2D eigenvalue weighted by Gasteiger charge is -2.22. The number of rotatable bonds is 7. The Morgan fingerprint density at radius 2 is 1.82 bits per heavy atom. The highest BCUT2D eigenvalue weighted by Crippen LogP contribution is 2.17. The van der Waals surface area contributed by atoms with Crippen molar-refractivity contribution in [3.05, 3.63) is 35.3 Å². The van der Waals surface area contributed by atoms with Crippen molar-refractivity contribution in [2.75, 3.05) is 13.1 Å². The fraction of sp³-hybridized carbons (Fsp3) is 0.556. The Bertz CT molecular complexity index is 637. The summed E-state index contributed by atoms with van der Waals surface area (Å²) in [5.41, 5.74) is 3.51. The van der Waals surface area contributed by atoms with Gasteiger partial charge in [0, 0.05) is 19.3 Å². The van der Waals surface area contributed by atoms with Gasteiger partial charge in [-0.25, -0.2) is 4.98 Å². The molecule has 2 rings (SSSR count). The van der Waals surface area contributed by atoms with Gasteiger partial charge in [-0.2, -0.15) is 0 Å². The minimum atomic E-state index is 0.109. The zero-order valence-electron chi connectivity index (χ0n) is 14.2. The van der Waals surface area contributed by atoms with Crippen molar-refractivity contribution in [1.82, 2.24) is 14.3 Å². The average molecular weight is 301 g/mol. The average Bonchev–Trinajstić information content (AvgIpc) is 2.84. The molecule has 0 radical (unpaired) electrons. The highest BCUT2D eigenvalue weighted by Gasteiger charge is 2.22. The summed E-state index contributed by atoms with van der Waals surface area (Å²) in [5, 5.41) is 0. The molecule has 0 aromatic carbocycles. The van der Waals surface area contributed by atoms with Crippen LogP contribution < -0.4 is 0 Å². The molecular weight excluding hydrogens is 274 g/mol. The molecule has 0 aliphatic heterocycles. The van der Waals surface area contributed by atoms with Gasteiger partial charge >= 0.3 is 0 Å². The van der Waals surface area contributed by atoms with Crippen molar-refractivity contribution in [3.63, 3.8) is 0 Å². The predicted octanol–water partition coefficient (Wildman–Crippen LogP) is 3.99. The van der Waals surface area contributed by atoms with Gasteiger partial charge in [-0.05, 0) is 38.3 Å². The largest absolute Gasteiger partial charge is 0.337 e. The van der Waals surface area contributed by atoms with Gasteiger partial charge in [-0.1, -0.05) is 32.8 Å². The molecule has 0 spiro atoms. The van der Waals surface area contributed by atoms with Crippen molar-refractivity contribution < 1.29 is 4.79 Å². The number of unbranched alkanes of at least 4 members (excludes halogenated alkanes) is 2. The van der Waals surface area contributed by atoms with Gasteiger partial charge in [-0.3, -0.25) is 9.20 Å². The summed E-state index contributed by atoms with van der Waals surface area (Å²) in [6.07, 6.45) is 6.23. The molecule has 1 amide bonds. The number of nitrogens with zero attached hydrogens (tertiary/aromatic N) is 3. The van der Waals surface area contributed by atoms with Gasteiger partial charge in [0.25, 0.3) is 5.91 Å². The van der Waals surface area contributed by atoms with Crippen molar-refractivity contribution in [2.24, 2.45) is 0 Å². The number of fused-ring (bicyclic) bond motifs is 1. The van der Waals surface area contributed by atoms with Crippen molar-refractivity contribution >= 4 is 11.6 Å². The van der Waals surface area contributed by atoms with E-state index in [4.69, 9.17) is 0 Å². The number of imidazole rings is 1. The molecule has 0 N–H and O–H groups in total. The second kappa shape index (κ2) is 7.43. The fourth-order valence-corrected chi connectivity index (χ4v) is 2.74. The molecule has 4 heteroatoms. The monoisotopic (exact) mass is 301 g/mol. The minimum absolute atomic E-state index is 0.109. The second-order valence-corrected chi connectivity index (χ2v) is 5.93. The molecule has 2 heterocycles.